The van der Waals surface area contributed by atoms with Crippen molar-refractivity contribution in [2.45, 2.75) is 19.4 Å². The second-order valence-corrected chi connectivity index (χ2v) is 3.69. The second-order valence-electron chi connectivity index (χ2n) is 3.69. The van der Waals surface area contributed by atoms with Crippen molar-refractivity contribution in [1.29, 1.82) is 0 Å². The summed E-state index contributed by atoms with van der Waals surface area (Å²) in [7, 11) is 3.50. The van der Waals surface area contributed by atoms with Crippen molar-refractivity contribution < 1.29 is 9.59 Å². The lowest BCUT2D eigenvalue weighted by Gasteiger charge is -2.09. The van der Waals surface area contributed by atoms with Gasteiger partial charge in [0.15, 0.2) is 6.29 Å². The van der Waals surface area contributed by atoms with Gasteiger partial charge in [-0.3, -0.25) is 9.59 Å². The van der Waals surface area contributed by atoms with Crippen molar-refractivity contribution in [2.24, 2.45) is 0 Å². The molecule has 0 atom stereocenters. The van der Waals surface area contributed by atoms with Gasteiger partial charge in [0.05, 0.1) is 0 Å². The molecule has 0 unspecified atom stereocenters. The smallest absolute Gasteiger partial charge is 0.222 e. The maximum absolute atomic E-state index is 11.3. The Kier molecular flexibility index (Phi) is 4.09. The Hall–Kier alpha value is -1.58. The first-order chi connectivity index (χ1) is 7.13. The summed E-state index contributed by atoms with van der Waals surface area (Å²) in [6.07, 6.45) is 5.80. The molecule has 0 bridgehead atoms. The highest BCUT2D eigenvalue weighted by Crippen LogP contribution is 2.02. The van der Waals surface area contributed by atoms with Crippen LogP contribution in [0.15, 0.2) is 18.5 Å². The molecule has 0 saturated heterocycles. The van der Waals surface area contributed by atoms with Crippen molar-refractivity contribution >= 4 is 12.2 Å². The number of rotatable bonds is 5. The maximum atomic E-state index is 11.3. The van der Waals surface area contributed by atoms with Crippen molar-refractivity contribution in [3.8, 4) is 0 Å². The highest BCUT2D eigenvalue weighted by atomic mass is 16.2. The minimum Gasteiger partial charge on any atom is -0.354 e. The number of carbonyl (C=O) groups is 2. The Morgan fingerprint density at radius 3 is 2.80 bits per heavy atom. The van der Waals surface area contributed by atoms with E-state index in [2.05, 4.69) is 0 Å². The van der Waals surface area contributed by atoms with Crippen LogP contribution in [0.4, 0.5) is 0 Å². The Morgan fingerprint density at radius 1 is 1.53 bits per heavy atom. The number of aldehydes is 1. The van der Waals surface area contributed by atoms with Crippen LogP contribution in [0.2, 0.25) is 0 Å². The molecule has 1 amide bonds. The van der Waals surface area contributed by atoms with Gasteiger partial charge in [-0.05, 0) is 12.5 Å². The van der Waals surface area contributed by atoms with E-state index < -0.39 is 0 Å². The van der Waals surface area contributed by atoms with E-state index >= 15 is 0 Å². The van der Waals surface area contributed by atoms with Crippen LogP contribution in [0, 0.1) is 0 Å². The third-order valence-corrected chi connectivity index (χ3v) is 2.22. The third kappa shape index (κ3) is 3.58. The van der Waals surface area contributed by atoms with Gasteiger partial charge in [-0.25, -0.2) is 0 Å². The number of aryl methyl sites for hydroxylation is 1. The Bertz CT molecular complexity index is 342. The molecule has 15 heavy (non-hydrogen) atoms. The largest absolute Gasteiger partial charge is 0.354 e. The first kappa shape index (κ1) is 11.5. The summed E-state index contributed by atoms with van der Waals surface area (Å²) in [5, 5.41) is 0. The minimum absolute atomic E-state index is 0.137. The van der Waals surface area contributed by atoms with E-state index in [1.54, 1.807) is 31.3 Å². The Balaban J connectivity index is 2.31. The lowest BCUT2D eigenvalue weighted by atomic mass is 10.3. The first-order valence-electron chi connectivity index (χ1n) is 4.94. The highest BCUT2D eigenvalue weighted by molar-refractivity contribution is 5.75. The van der Waals surface area contributed by atoms with Crippen LogP contribution < -0.4 is 0 Å². The zero-order valence-electron chi connectivity index (χ0n) is 9.14. The zero-order chi connectivity index (χ0) is 11.3. The molecule has 0 aliphatic carbocycles. The van der Waals surface area contributed by atoms with Crippen LogP contribution in [0.5, 0.6) is 0 Å². The zero-order valence-corrected chi connectivity index (χ0v) is 9.14. The number of carbonyl (C=O) groups excluding carboxylic acids is 2. The average molecular weight is 208 g/mol. The van der Waals surface area contributed by atoms with E-state index in [1.165, 1.54) is 0 Å². The predicted octanol–water partition coefficient (Wildman–Crippen LogP) is 1.17. The van der Waals surface area contributed by atoms with Crippen LogP contribution >= 0.6 is 0 Å². The van der Waals surface area contributed by atoms with Gasteiger partial charge in [-0.1, -0.05) is 0 Å². The van der Waals surface area contributed by atoms with Crippen LogP contribution in [0.1, 0.15) is 23.2 Å². The third-order valence-electron chi connectivity index (χ3n) is 2.22. The van der Waals surface area contributed by atoms with Gasteiger partial charge in [0.1, 0.15) is 0 Å². The van der Waals surface area contributed by atoms with E-state index in [0.29, 0.717) is 12.0 Å². The minimum atomic E-state index is 0.137. The second kappa shape index (κ2) is 5.34. The monoisotopic (exact) mass is 208 g/mol. The Labute approximate surface area is 89.5 Å². The van der Waals surface area contributed by atoms with Gasteiger partial charge in [-0.2, -0.15) is 0 Å². The molecule has 1 heterocycles. The molecule has 0 aliphatic heterocycles. The molecule has 1 aromatic rings. The lowest BCUT2D eigenvalue weighted by Crippen LogP contribution is -2.21. The van der Waals surface area contributed by atoms with Crippen molar-refractivity contribution in [3.05, 3.63) is 24.0 Å². The van der Waals surface area contributed by atoms with Gasteiger partial charge in [0, 0.05) is 45.0 Å². The molecular formula is C11H16N2O2. The molecular weight excluding hydrogens is 192 g/mol. The summed E-state index contributed by atoms with van der Waals surface area (Å²) < 4.78 is 1.92. The number of aromatic nitrogens is 1. The molecule has 0 N–H and O–H groups in total. The van der Waals surface area contributed by atoms with Gasteiger partial charge in [0.25, 0.3) is 0 Å². The summed E-state index contributed by atoms with van der Waals surface area (Å²) in [4.78, 5) is 23.3. The van der Waals surface area contributed by atoms with Gasteiger partial charge >= 0.3 is 0 Å². The van der Waals surface area contributed by atoms with Gasteiger partial charge in [0.2, 0.25) is 5.91 Å². The maximum Gasteiger partial charge on any atom is 0.222 e. The summed E-state index contributed by atoms with van der Waals surface area (Å²) in [5.41, 5.74) is 0.675. The average Bonchev–Trinajstić information content (AvgIpc) is 2.65. The summed E-state index contributed by atoms with van der Waals surface area (Å²) >= 11 is 0. The molecule has 4 nitrogen and oxygen atoms in total. The topological polar surface area (TPSA) is 42.3 Å². The fraction of sp³-hybridized carbons (Fsp3) is 0.455. The van der Waals surface area contributed by atoms with Crippen molar-refractivity contribution in [3.63, 3.8) is 0 Å². The van der Waals surface area contributed by atoms with Crippen molar-refractivity contribution in [2.75, 3.05) is 14.1 Å². The van der Waals surface area contributed by atoms with Gasteiger partial charge < -0.3 is 9.47 Å². The number of amides is 1. The highest BCUT2D eigenvalue weighted by Gasteiger charge is 2.03. The molecule has 0 spiro atoms. The summed E-state index contributed by atoms with van der Waals surface area (Å²) in [6.45, 7) is 0.771. The summed E-state index contributed by atoms with van der Waals surface area (Å²) in [5.74, 6) is 0.137. The fourth-order valence-corrected chi connectivity index (χ4v) is 1.30. The number of nitrogens with zero attached hydrogens (tertiary/aromatic N) is 2. The standard InChI is InChI=1S/C11H16N2O2/c1-12(2)11(15)4-3-6-13-7-5-10(8-13)9-14/h5,7-9H,3-4,6H2,1-2H3. The summed E-state index contributed by atoms with van der Waals surface area (Å²) in [6, 6.07) is 1.76. The van der Waals surface area contributed by atoms with Crippen molar-refractivity contribution in [1.82, 2.24) is 9.47 Å². The molecule has 0 saturated carbocycles. The first-order valence-corrected chi connectivity index (χ1v) is 4.94. The molecule has 0 fully saturated rings. The molecule has 82 valence electrons. The van der Waals surface area contributed by atoms with E-state index in [-0.39, 0.29) is 5.91 Å². The number of hydrogen-bond acceptors (Lipinski definition) is 2. The van der Waals surface area contributed by atoms with Gasteiger partial charge in [-0.15, -0.1) is 0 Å². The predicted molar refractivity (Wildman–Crippen MR) is 57.7 cm³/mol. The molecule has 4 heteroatoms. The molecule has 0 aromatic carbocycles. The van der Waals surface area contributed by atoms with Crippen LogP contribution in [-0.4, -0.2) is 35.8 Å². The van der Waals surface area contributed by atoms with Crippen LogP contribution in [0.25, 0.3) is 0 Å². The SMILES string of the molecule is CN(C)C(=O)CCCn1ccc(C=O)c1. The molecule has 1 aromatic heterocycles. The quantitative estimate of drug-likeness (QED) is 0.682. The van der Waals surface area contributed by atoms with E-state index in [1.807, 2.05) is 10.8 Å². The van der Waals surface area contributed by atoms with E-state index in [0.717, 1.165) is 19.3 Å². The fourth-order valence-electron chi connectivity index (χ4n) is 1.30. The van der Waals surface area contributed by atoms with E-state index in [9.17, 15) is 9.59 Å². The van der Waals surface area contributed by atoms with Crippen LogP contribution in [-0.2, 0) is 11.3 Å². The van der Waals surface area contributed by atoms with Crippen LogP contribution in [0.3, 0.4) is 0 Å². The molecule has 1 rings (SSSR count). The molecule has 0 aliphatic rings. The number of hydrogen-bond donors (Lipinski definition) is 0. The lowest BCUT2D eigenvalue weighted by molar-refractivity contribution is -0.128. The van der Waals surface area contributed by atoms with E-state index in [4.69, 9.17) is 0 Å². The normalized spacial score (nSPS) is 10.0. The Morgan fingerprint density at radius 2 is 2.27 bits per heavy atom. The molecule has 0 radical (unpaired) electrons.